The first-order valence-electron chi connectivity index (χ1n) is 10.1. The van der Waals surface area contributed by atoms with Gasteiger partial charge < -0.3 is 9.80 Å². The van der Waals surface area contributed by atoms with Crippen molar-refractivity contribution in [1.29, 1.82) is 0 Å². The Morgan fingerprint density at radius 3 is 2.79 bits per heavy atom. The molecule has 0 radical (unpaired) electrons. The molecule has 3 heterocycles. The van der Waals surface area contributed by atoms with E-state index in [2.05, 4.69) is 49.6 Å². The highest BCUT2D eigenvalue weighted by molar-refractivity contribution is 7.09. The van der Waals surface area contributed by atoms with Gasteiger partial charge >= 0.3 is 0 Å². The zero-order valence-corrected chi connectivity index (χ0v) is 17.5. The second-order valence-corrected chi connectivity index (χ2v) is 9.60. The fourth-order valence-corrected chi connectivity index (χ4v) is 5.31. The molecule has 1 fully saturated rings. The van der Waals surface area contributed by atoms with Crippen molar-refractivity contribution in [2.45, 2.75) is 51.0 Å². The largest absolute Gasteiger partial charge is 0.331 e. The Morgan fingerprint density at radius 1 is 1.18 bits per heavy atom. The van der Waals surface area contributed by atoms with Gasteiger partial charge in [-0.15, -0.1) is 11.3 Å². The number of carbonyl (C=O) groups excluding carboxylic acids is 2. The summed E-state index contributed by atoms with van der Waals surface area (Å²) >= 11 is 1.77. The van der Waals surface area contributed by atoms with E-state index in [1.165, 1.54) is 16.0 Å². The monoisotopic (exact) mass is 396 g/mol. The number of hydrogen-bond donors (Lipinski definition) is 0. The number of rotatable bonds is 5. The minimum Gasteiger partial charge on any atom is -0.331 e. The predicted molar refractivity (Wildman–Crippen MR) is 112 cm³/mol. The van der Waals surface area contributed by atoms with Crippen molar-refractivity contribution in [3.05, 3.63) is 57.8 Å². The molecule has 1 aromatic carbocycles. The molecule has 0 spiro atoms. The van der Waals surface area contributed by atoms with E-state index >= 15 is 0 Å². The average molecular weight is 397 g/mol. The molecule has 28 heavy (non-hydrogen) atoms. The van der Waals surface area contributed by atoms with Crippen molar-refractivity contribution < 1.29 is 9.59 Å². The summed E-state index contributed by atoms with van der Waals surface area (Å²) in [5.41, 5.74) is 2.44. The van der Waals surface area contributed by atoms with Gasteiger partial charge in [0.2, 0.25) is 11.8 Å². The topological polar surface area (TPSA) is 40.6 Å². The molecule has 2 aliphatic rings. The Hall–Kier alpha value is -2.14. The van der Waals surface area contributed by atoms with E-state index in [-0.39, 0.29) is 29.8 Å². The fraction of sp³-hybridized carbons (Fsp3) is 0.478. The number of carbonyl (C=O) groups is 2. The van der Waals surface area contributed by atoms with Crippen LogP contribution in [0, 0.1) is 0 Å². The molecule has 1 aromatic heterocycles. The highest BCUT2D eigenvalue weighted by Crippen LogP contribution is 2.41. The Morgan fingerprint density at radius 2 is 2.00 bits per heavy atom. The van der Waals surface area contributed by atoms with Crippen LogP contribution in [0.5, 0.6) is 0 Å². The SMILES string of the molecule is CC1(C)CN2C(=O)CN(C(=O)CCCCc3cccs3)CC2c2ccccc21. The van der Waals surface area contributed by atoms with E-state index in [4.69, 9.17) is 0 Å². The van der Waals surface area contributed by atoms with Gasteiger partial charge in [-0.2, -0.15) is 0 Å². The second kappa shape index (κ2) is 7.70. The third-order valence-corrected chi connectivity index (χ3v) is 6.96. The molecule has 2 aromatic rings. The third kappa shape index (κ3) is 3.72. The number of amides is 2. The summed E-state index contributed by atoms with van der Waals surface area (Å²) in [5, 5.41) is 2.09. The molecule has 0 aliphatic carbocycles. The summed E-state index contributed by atoms with van der Waals surface area (Å²) in [4.78, 5) is 30.8. The molecule has 0 N–H and O–H groups in total. The summed E-state index contributed by atoms with van der Waals surface area (Å²) in [5.74, 6) is 0.187. The van der Waals surface area contributed by atoms with Crippen LogP contribution in [0.1, 0.15) is 55.2 Å². The lowest BCUT2D eigenvalue weighted by molar-refractivity contribution is -0.150. The third-order valence-electron chi connectivity index (χ3n) is 6.03. The van der Waals surface area contributed by atoms with Gasteiger partial charge in [0.15, 0.2) is 0 Å². The van der Waals surface area contributed by atoms with Gasteiger partial charge in [0.1, 0.15) is 0 Å². The van der Waals surface area contributed by atoms with E-state index < -0.39 is 0 Å². The normalized spacial score (nSPS) is 20.6. The molecule has 1 atom stereocenters. The Balaban J connectivity index is 1.41. The van der Waals surface area contributed by atoms with Crippen LogP contribution < -0.4 is 0 Å². The lowest BCUT2D eigenvalue weighted by Gasteiger charge is -2.49. The number of piperazine rings is 1. The molecule has 1 unspecified atom stereocenters. The van der Waals surface area contributed by atoms with Crippen molar-refractivity contribution in [1.82, 2.24) is 9.80 Å². The molecular formula is C23H28N2O2S. The number of nitrogens with zero attached hydrogens (tertiary/aromatic N) is 2. The van der Waals surface area contributed by atoms with Gasteiger partial charge in [-0.25, -0.2) is 0 Å². The van der Waals surface area contributed by atoms with Crippen LogP contribution in [0.3, 0.4) is 0 Å². The van der Waals surface area contributed by atoms with Crippen LogP contribution in [0.15, 0.2) is 41.8 Å². The first kappa shape index (κ1) is 19.2. The van der Waals surface area contributed by atoms with E-state index in [1.807, 2.05) is 11.0 Å². The summed E-state index contributed by atoms with van der Waals surface area (Å²) in [6.07, 6.45) is 3.45. The van der Waals surface area contributed by atoms with Gasteiger partial charge in [0, 0.05) is 29.8 Å². The quantitative estimate of drug-likeness (QED) is 0.712. The highest BCUT2D eigenvalue weighted by atomic mass is 32.1. The van der Waals surface area contributed by atoms with E-state index in [0.717, 1.165) is 25.8 Å². The van der Waals surface area contributed by atoms with Gasteiger partial charge in [0.05, 0.1) is 12.6 Å². The summed E-state index contributed by atoms with van der Waals surface area (Å²) in [7, 11) is 0. The molecule has 2 amide bonds. The van der Waals surface area contributed by atoms with Crippen LogP contribution in [-0.2, 0) is 21.4 Å². The molecule has 1 saturated heterocycles. The van der Waals surface area contributed by atoms with Gasteiger partial charge in [-0.1, -0.05) is 44.2 Å². The number of benzene rings is 1. The van der Waals surface area contributed by atoms with Crippen molar-refractivity contribution in [2.24, 2.45) is 0 Å². The highest BCUT2D eigenvalue weighted by Gasteiger charge is 2.43. The number of hydrogen-bond acceptors (Lipinski definition) is 3. The molecule has 5 heteroatoms. The minimum absolute atomic E-state index is 0.0134. The smallest absolute Gasteiger partial charge is 0.242 e. The number of thiophene rings is 1. The number of aryl methyl sites for hydroxylation is 1. The summed E-state index contributed by atoms with van der Waals surface area (Å²) < 4.78 is 0. The molecule has 2 aliphatic heterocycles. The van der Waals surface area contributed by atoms with Crippen LogP contribution in [0.25, 0.3) is 0 Å². The minimum atomic E-state index is -0.0588. The Bertz CT molecular complexity index is 859. The van der Waals surface area contributed by atoms with Gasteiger partial charge in [-0.3, -0.25) is 9.59 Å². The van der Waals surface area contributed by atoms with Crippen LogP contribution in [0.4, 0.5) is 0 Å². The van der Waals surface area contributed by atoms with Crippen molar-refractivity contribution in [3.63, 3.8) is 0 Å². The molecular weight excluding hydrogens is 368 g/mol. The maximum absolute atomic E-state index is 12.9. The molecule has 4 rings (SSSR count). The van der Waals surface area contributed by atoms with Crippen LogP contribution in [0.2, 0.25) is 0 Å². The van der Waals surface area contributed by atoms with Gasteiger partial charge in [0.25, 0.3) is 0 Å². The standard InChI is InChI=1S/C23H28N2O2S/c1-23(2)16-25-20(18-10-4-5-11-19(18)23)14-24(15-22(25)27)21(26)12-6-3-8-17-9-7-13-28-17/h4-5,7,9-11,13,20H,3,6,8,12,14-16H2,1-2H3. The zero-order chi connectivity index (χ0) is 19.7. The second-order valence-electron chi connectivity index (χ2n) is 8.57. The fourth-order valence-electron chi connectivity index (χ4n) is 4.56. The lowest BCUT2D eigenvalue weighted by atomic mass is 9.75. The molecule has 0 bridgehead atoms. The van der Waals surface area contributed by atoms with Crippen LogP contribution in [-0.4, -0.2) is 41.2 Å². The van der Waals surface area contributed by atoms with Gasteiger partial charge in [-0.05, 0) is 41.8 Å². The maximum Gasteiger partial charge on any atom is 0.242 e. The van der Waals surface area contributed by atoms with Crippen molar-refractivity contribution >= 4 is 23.2 Å². The van der Waals surface area contributed by atoms with E-state index in [0.29, 0.717) is 13.0 Å². The number of fused-ring (bicyclic) bond motifs is 3. The first-order valence-corrected chi connectivity index (χ1v) is 11.0. The summed E-state index contributed by atoms with van der Waals surface area (Å²) in [6.45, 7) is 5.94. The van der Waals surface area contributed by atoms with Crippen molar-refractivity contribution in [2.75, 3.05) is 19.6 Å². The Kier molecular flexibility index (Phi) is 5.28. The van der Waals surface area contributed by atoms with E-state index in [1.54, 1.807) is 16.2 Å². The molecule has 4 nitrogen and oxygen atoms in total. The lowest BCUT2D eigenvalue weighted by Crippen LogP contribution is -2.58. The maximum atomic E-state index is 12.9. The van der Waals surface area contributed by atoms with Crippen LogP contribution >= 0.6 is 11.3 Å². The first-order chi connectivity index (χ1) is 13.5. The summed E-state index contributed by atoms with van der Waals surface area (Å²) in [6, 6.07) is 12.6. The predicted octanol–water partition coefficient (Wildman–Crippen LogP) is 4.16. The average Bonchev–Trinajstić information content (AvgIpc) is 3.19. The molecule has 148 valence electrons. The van der Waals surface area contributed by atoms with E-state index in [9.17, 15) is 9.59 Å². The zero-order valence-electron chi connectivity index (χ0n) is 16.7. The Labute approximate surface area is 171 Å². The molecule has 0 saturated carbocycles. The van der Waals surface area contributed by atoms with Crippen molar-refractivity contribution in [3.8, 4) is 0 Å². The number of unbranched alkanes of at least 4 members (excludes halogenated alkanes) is 1.